The van der Waals surface area contributed by atoms with Gasteiger partial charge in [0.25, 0.3) is 0 Å². The van der Waals surface area contributed by atoms with E-state index in [1.54, 1.807) is 12.3 Å². The molecule has 1 aromatic carbocycles. The molecular formula is C15H19ClN4. The van der Waals surface area contributed by atoms with Gasteiger partial charge in [-0.15, -0.1) is 5.11 Å². The normalized spacial score (nSPS) is 11.6. The molecule has 0 aliphatic heterocycles. The summed E-state index contributed by atoms with van der Waals surface area (Å²) in [5.74, 6) is 0. The number of hydrogen-bond acceptors (Lipinski definition) is 4. The molecule has 0 aliphatic carbocycles. The number of nitrogens with one attached hydrogen (secondary N) is 1. The molecule has 1 rings (SSSR count). The molecule has 0 saturated heterocycles. The summed E-state index contributed by atoms with van der Waals surface area (Å²) in [6.07, 6.45) is 7.24. The smallest absolute Gasteiger partial charge is 0.104 e. The molecular weight excluding hydrogens is 272 g/mol. The second-order valence-corrected chi connectivity index (χ2v) is 4.64. The molecule has 4 nitrogen and oxygen atoms in total. The number of hydrogen-bond donors (Lipinski definition) is 1. The maximum Gasteiger partial charge on any atom is 0.104 e. The highest BCUT2D eigenvalue weighted by atomic mass is 35.5. The summed E-state index contributed by atoms with van der Waals surface area (Å²) in [7, 11) is 5.74. The summed E-state index contributed by atoms with van der Waals surface area (Å²) in [6, 6.07) is 5.62. The number of nitrogens with zero attached hydrogens (tertiary/aromatic N) is 3. The van der Waals surface area contributed by atoms with Crippen molar-refractivity contribution in [3.8, 4) is 0 Å². The number of azo groups is 1. The van der Waals surface area contributed by atoms with Crippen molar-refractivity contribution in [1.29, 1.82) is 0 Å². The molecule has 0 spiro atoms. The van der Waals surface area contributed by atoms with Crippen LogP contribution in [0.15, 0.2) is 65.1 Å². The number of anilines is 1. The second kappa shape index (κ2) is 8.17. The highest BCUT2D eigenvalue weighted by Gasteiger charge is 2.02. The van der Waals surface area contributed by atoms with Gasteiger partial charge < -0.3 is 10.2 Å². The largest absolute Gasteiger partial charge is 0.394 e. The molecule has 1 N–H and O–H groups in total. The SMILES string of the molecule is C=C(/C=C\C=C/NC)N=Nc1ccc(N(C)C)cc1Cl. The fourth-order valence-electron chi connectivity index (χ4n) is 1.32. The average Bonchev–Trinajstić information content (AvgIpc) is 2.42. The van der Waals surface area contributed by atoms with E-state index in [1.807, 2.05) is 56.4 Å². The molecule has 0 unspecified atom stereocenters. The second-order valence-electron chi connectivity index (χ2n) is 4.23. The van der Waals surface area contributed by atoms with E-state index >= 15 is 0 Å². The van der Waals surface area contributed by atoms with Gasteiger partial charge in [0.15, 0.2) is 0 Å². The van der Waals surface area contributed by atoms with Gasteiger partial charge in [0.2, 0.25) is 0 Å². The zero-order chi connectivity index (χ0) is 15.0. The minimum absolute atomic E-state index is 0.554. The summed E-state index contributed by atoms with van der Waals surface area (Å²) in [5.41, 5.74) is 2.20. The molecule has 1 aromatic rings. The highest BCUT2D eigenvalue weighted by molar-refractivity contribution is 6.33. The van der Waals surface area contributed by atoms with Crippen LogP contribution in [0.4, 0.5) is 11.4 Å². The Kier molecular flexibility index (Phi) is 6.53. The molecule has 20 heavy (non-hydrogen) atoms. The van der Waals surface area contributed by atoms with Gasteiger partial charge in [0.1, 0.15) is 5.69 Å². The molecule has 0 fully saturated rings. The van der Waals surface area contributed by atoms with Crippen LogP contribution >= 0.6 is 11.6 Å². The molecule has 0 bridgehead atoms. The van der Waals surface area contributed by atoms with Crippen LogP contribution in [-0.2, 0) is 0 Å². The summed E-state index contributed by atoms with van der Waals surface area (Å²) >= 11 is 6.15. The Labute approximate surface area is 125 Å². The lowest BCUT2D eigenvalue weighted by Crippen LogP contribution is -2.07. The highest BCUT2D eigenvalue weighted by Crippen LogP contribution is 2.29. The van der Waals surface area contributed by atoms with E-state index in [9.17, 15) is 0 Å². The predicted molar refractivity (Wildman–Crippen MR) is 86.8 cm³/mol. The van der Waals surface area contributed by atoms with Crippen LogP contribution in [0.2, 0.25) is 5.02 Å². The maximum absolute atomic E-state index is 6.15. The Balaban J connectivity index is 2.73. The van der Waals surface area contributed by atoms with Crippen molar-refractivity contribution in [1.82, 2.24) is 5.32 Å². The standard InChI is InChI=1S/C15H19ClN4/c1-12(7-5-6-10-17-2)18-19-15-9-8-13(20(3)4)11-14(15)16/h5-11,17H,1H2,2-4H3/b7-5-,10-6-,19-18?. The van der Waals surface area contributed by atoms with E-state index in [0.717, 1.165) is 5.69 Å². The van der Waals surface area contributed by atoms with Crippen LogP contribution in [0.5, 0.6) is 0 Å². The van der Waals surface area contributed by atoms with Gasteiger partial charge >= 0.3 is 0 Å². The number of allylic oxidation sites excluding steroid dienone is 3. The van der Waals surface area contributed by atoms with E-state index in [4.69, 9.17) is 11.6 Å². The van der Waals surface area contributed by atoms with Crippen molar-refractivity contribution in [3.63, 3.8) is 0 Å². The third-order valence-electron chi connectivity index (χ3n) is 2.40. The predicted octanol–water partition coefficient (Wildman–Crippen LogP) is 4.29. The van der Waals surface area contributed by atoms with Crippen molar-refractivity contribution in [2.75, 3.05) is 26.0 Å². The molecule has 0 heterocycles. The molecule has 0 saturated carbocycles. The van der Waals surface area contributed by atoms with Crippen molar-refractivity contribution >= 4 is 23.0 Å². The van der Waals surface area contributed by atoms with Crippen molar-refractivity contribution < 1.29 is 0 Å². The number of benzene rings is 1. The molecule has 0 amide bonds. The van der Waals surface area contributed by atoms with Gasteiger partial charge in [-0.1, -0.05) is 24.3 Å². The average molecular weight is 291 g/mol. The topological polar surface area (TPSA) is 40.0 Å². The fraction of sp³-hybridized carbons (Fsp3) is 0.200. The zero-order valence-electron chi connectivity index (χ0n) is 12.0. The van der Waals surface area contributed by atoms with Crippen LogP contribution < -0.4 is 10.2 Å². The lowest BCUT2D eigenvalue weighted by Gasteiger charge is -2.12. The van der Waals surface area contributed by atoms with Crippen LogP contribution in [0, 0.1) is 0 Å². The van der Waals surface area contributed by atoms with Gasteiger partial charge in [-0.25, -0.2) is 0 Å². The van der Waals surface area contributed by atoms with Crippen molar-refractivity contribution in [2.45, 2.75) is 0 Å². The van der Waals surface area contributed by atoms with Crippen molar-refractivity contribution in [3.05, 3.63) is 59.9 Å². The van der Waals surface area contributed by atoms with Crippen LogP contribution in [0.25, 0.3) is 0 Å². The first-order valence-corrected chi connectivity index (χ1v) is 6.50. The third kappa shape index (κ3) is 5.28. The lowest BCUT2D eigenvalue weighted by molar-refractivity contribution is 1.10. The molecule has 5 heteroatoms. The first kappa shape index (κ1) is 16.0. The Hall–Kier alpha value is -2.07. The molecule has 0 radical (unpaired) electrons. The Morgan fingerprint density at radius 3 is 2.70 bits per heavy atom. The quantitative estimate of drug-likeness (QED) is 0.627. The van der Waals surface area contributed by atoms with Gasteiger partial charge in [-0.3, -0.25) is 0 Å². The summed E-state index contributed by atoms with van der Waals surface area (Å²) in [6.45, 7) is 3.79. The molecule has 0 aliphatic rings. The Morgan fingerprint density at radius 2 is 2.10 bits per heavy atom. The Morgan fingerprint density at radius 1 is 1.35 bits per heavy atom. The molecule has 0 atom stereocenters. The summed E-state index contributed by atoms with van der Waals surface area (Å²) < 4.78 is 0. The minimum Gasteiger partial charge on any atom is -0.394 e. The maximum atomic E-state index is 6.15. The summed E-state index contributed by atoms with van der Waals surface area (Å²) in [5, 5.41) is 11.6. The minimum atomic E-state index is 0.554. The lowest BCUT2D eigenvalue weighted by atomic mass is 10.3. The first-order chi connectivity index (χ1) is 9.54. The first-order valence-electron chi connectivity index (χ1n) is 6.12. The van der Waals surface area contributed by atoms with E-state index in [2.05, 4.69) is 22.1 Å². The molecule has 106 valence electrons. The van der Waals surface area contributed by atoms with E-state index in [-0.39, 0.29) is 0 Å². The number of halogens is 1. The van der Waals surface area contributed by atoms with E-state index in [0.29, 0.717) is 16.4 Å². The Bertz CT molecular complexity index is 545. The van der Waals surface area contributed by atoms with E-state index < -0.39 is 0 Å². The zero-order valence-corrected chi connectivity index (χ0v) is 12.7. The van der Waals surface area contributed by atoms with Gasteiger partial charge in [-0.05, 0) is 36.6 Å². The van der Waals surface area contributed by atoms with Crippen LogP contribution in [-0.4, -0.2) is 21.1 Å². The van der Waals surface area contributed by atoms with Gasteiger partial charge in [0.05, 0.1) is 10.7 Å². The third-order valence-corrected chi connectivity index (χ3v) is 2.70. The summed E-state index contributed by atoms with van der Waals surface area (Å²) in [4.78, 5) is 1.97. The van der Waals surface area contributed by atoms with Gasteiger partial charge in [-0.2, -0.15) is 5.11 Å². The van der Waals surface area contributed by atoms with E-state index in [1.165, 1.54) is 0 Å². The molecule has 0 aromatic heterocycles. The number of rotatable bonds is 6. The monoisotopic (exact) mass is 290 g/mol. The fourth-order valence-corrected chi connectivity index (χ4v) is 1.54. The van der Waals surface area contributed by atoms with Crippen LogP contribution in [0.1, 0.15) is 0 Å². The van der Waals surface area contributed by atoms with Crippen molar-refractivity contribution in [2.24, 2.45) is 10.2 Å². The van der Waals surface area contributed by atoms with Gasteiger partial charge in [0, 0.05) is 26.8 Å². The van der Waals surface area contributed by atoms with Crippen LogP contribution in [0.3, 0.4) is 0 Å².